The van der Waals surface area contributed by atoms with Crippen LogP contribution in [0, 0.1) is 5.41 Å². The second-order valence-electron chi connectivity index (χ2n) is 6.38. The van der Waals surface area contributed by atoms with Gasteiger partial charge in [0, 0.05) is 42.1 Å². The number of hydrogen-bond acceptors (Lipinski definition) is 3. The number of hydrogen-bond donors (Lipinski definition) is 0. The molecule has 2 heterocycles. The van der Waals surface area contributed by atoms with E-state index in [4.69, 9.17) is 4.74 Å². The Hall–Kier alpha value is 0.750. The fraction of sp³-hybridized carbons (Fsp3) is 1.00. The predicted molar refractivity (Wildman–Crippen MR) is 83.9 cm³/mol. The first kappa shape index (κ1) is 15.1. The molecular formula is C14H26BrNOS. The molecule has 0 aromatic heterocycles. The molecule has 2 fully saturated rings. The van der Waals surface area contributed by atoms with Crippen LogP contribution in [0.1, 0.15) is 33.1 Å². The van der Waals surface area contributed by atoms with Crippen molar-refractivity contribution in [1.82, 2.24) is 4.90 Å². The van der Waals surface area contributed by atoms with Gasteiger partial charge in [-0.25, -0.2) is 0 Å². The highest BCUT2D eigenvalue weighted by atomic mass is 79.9. The normalized spacial score (nSPS) is 28.8. The van der Waals surface area contributed by atoms with Crippen molar-refractivity contribution in [1.29, 1.82) is 0 Å². The van der Waals surface area contributed by atoms with Crippen molar-refractivity contribution in [2.45, 2.75) is 37.9 Å². The smallest absolute Gasteiger partial charge is 0.0472 e. The highest BCUT2D eigenvalue weighted by Crippen LogP contribution is 2.36. The minimum atomic E-state index is 0.456. The quantitative estimate of drug-likeness (QED) is 0.733. The van der Waals surface area contributed by atoms with Gasteiger partial charge in [0.15, 0.2) is 0 Å². The Morgan fingerprint density at radius 3 is 2.56 bits per heavy atom. The average Bonchev–Trinajstić information content (AvgIpc) is 2.52. The summed E-state index contributed by atoms with van der Waals surface area (Å²) in [5, 5.41) is 1.12. The van der Waals surface area contributed by atoms with E-state index < -0.39 is 0 Å². The number of rotatable bonds is 3. The van der Waals surface area contributed by atoms with E-state index in [2.05, 4.69) is 46.4 Å². The lowest BCUT2D eigenvalue weighted by Gasteiger charge is -2.39. The van der Waals surface area contributed by atoms with Crippen molar-refractivity contribution in [3.05, 3.63) is 0 Å². The van der Waals surface area contributed by atoms with E-state index in [-0.39, 0.29) is 0 Å². The van der Waals surface area contributed by atoms with Crippen LogP contribution >= 0.6 is 27.7 Å². The molecule has 4 heteroatoms. The maximum Gasteiger partial charge on any atom is 0.0472 e. The van der Waals surface area contributed by atoms with Gasteiger partial charge in [0.05, 0.1) is 0 Å². The van der Waals surface area contributed by atoms with Crippen molar-refractivity contribution in [2.24, 2.45) is 5.41 Å². The fourth-order valence-electron chi connectivity index (χ4n) is 2.83. The minimum Gasteiger partial charge on any atom is -0.381 e. The highest BCUT2D eigenvalue weighted by molar-refractivity contribution is 9.09. The summed E-state index contributed by atoms with van der Waals surface area (Å²) in [5.41, 5.74) is 0.456. The molecule has 18 heavy (non-hydrogen) atoms. The van der Waals surface area contributed by atoms with Crippen LogP contribution in [0.5, 0.6) is 0 Å². The van der Waals surface area contributed by atoms with Crippen LogP contribution in [0.4, 0.5) is 0 Å². The Bertz CT molecular complexity index is 267. The van der Waals surface area contributed by atoms with E-state index in [1.54, 1.807) is 0 Å². The molecule has 0 saturated carbocycles. The van der Waals surface area contributed by atoms with Gasteiger partial charge >= 0.3 is 0 Å². The Balaban J connectivity index is 1.91. The molecule has 0 aromatic carbocycles. The molecule has 2 aliphatic rings. The number of halogens is 1. The molecule has 0 atom stereocenters. The Kier molecular flexibility index (Phi) is 5.44. The summed E-state index contributed by atoms with van der Waals surface area (Å²) in [6.07, 6.45) is 3.74. The zero-order chi connectivity index (χ0) is 13.1. The molecule has 0 spiro atoms. The van der Waals surface area contributed by atoms with Gasteiger partial charge in [0.1, 0.15) is 0 Å². The monoisotopic (exact) mass is 335 g/mol. The van der Waals surface area contributed by atoms with Gasteiger partial charge in [-0.2, -0.15) is 11.8 Å². The lowest BCUT2D eigenvalue weighted by Crippen LogP contribution is -2.43. The van der Waals surface area contributed by atoms with Gasteiger partial charge in [-0.3, -0.25) is 0 Å². The first-order valence-electron chi connectivity index (χ1n) is 7.05. The Morgan fingerprint density at radius 2 is 1.89 bits per heavy atom. The summed E-state index contributed by atoms with van der Waals surface area (Å²) < 4.78 is 5.99. The van der Waals surface area contributed by atoms with Crippen molar-refractivity contribution >= 4 is 27.7 Å². The van der Waals surface area contributed by atoms with Crippen LogP contribution in [0.15, 0.2) is 0 Å². The van der Waals surface area contributed by atoms with Gasteiger partial charge in [0.2, 0.25) is 0 Å². The molecule has 106 valence electrons. The molecule has 0 bridgehead atoms. The summed E-state index contributed by atoms with van der Waals surface area (Å²) in [6.45, 7) is 10.4. The third kappa shape index (κ3) is 4.12. The van der Waals surface area contributed by atoms with Crippen LogP contribution in [0.3, 0.4) is 0 Å². The maximum atomic E-state index is 5.53. The van der Waals surface area contributed by atoms with Crippen LogP contribution in [0.2, 0.25) is 0 Å². The fourth-order valence-corrected chi connectivity index (χ4v) is 4.71. The van der Waals surface area contributed by atoms with E-state index in [1.807, 2.05) is 0 Å². The Morgan fingerprint density at radius 1 is 1.17 bits per heavy atom. The van der Waals surface area contributed by atoms with Gasteiger partial charge in [-0.15, -0.1) is 0 Å². The molecule has 0 radical (unpaired) electrons. The molecule has 0 aliphatic carbocycles. The van der Waals surface area contributed by atoms with Gasteiger partial charge in [-0.1, -0.05) is 29.8 Å². The highest BCUT2D eigenvalue weighted by Gasteiger charge is 2.34. The standard InChI is InChI=1S/C14H26BrNOS/c1-13(2)3-6-16(7-10-18-13)12-14(11-15)4-8-17-9-5-14/h3-12H2,1-2H3. The van der Waals surface area contributed by atoms with Crippen LogP contribution < -0.4 is 0 Å². The lowest BCUT2D eigenvalue weighted by atomic mass is 9.81. The number of alkyl halides is 1. The summed E-state index contributed by atoms with van der Waals surface area (Å²) >= 11 is 5.88. The van der Waals surface area contributed by atoms with E-state index in [1.165, 1.54) is 44.6 Å². The molecular weight excluding hydrogens is 310 g/mol. The molecule has 2 saturated heterocycles. The largest absolute Gasteiger partial charge is 0.381 e. The molecule has 2 rings (SSSR count). The zero-order valence-electron chi connectivity index (χ0n) is 11.7. The van der Waals surface area contributed by atoms with Crippen molar-refractivity contribution < 1.29 is 4.74 Å². The first-order valence-corrected chi connectivity index (χ1v) is 9.16. The minimum absolute atomic E-state index is 0.456. The molecule has 0 aromatic rings. The summed E-state index contributed by atoms with van der Waals surface area (Å²) in [5.74, 6) is 1.28. The van der Waals surface area contributed by atoms with E-state index >= 15 is 0 Å². The van der Waals surface area contributed by atoms with E-state index in [9.17, 15) is 0 Å². The van der Waals surface area contributed by atoms with Crippen molar-refractivity contribution in [3.8, 4) is 0 Å². The van der Waals surface area contributed by atoms with Gasteiger partial charge < -0.3 is 9.64 Å². The average molecular weight is 336 g/mol. The summed E-state index contributed by atoms with van der Waals surface area (Å²) in [4.78, 5) is 2.69. The van der Waals surface area contributed by atoms with Crippen LogP contribution in [-0.4, -0.2) is 53.6 Å². The maximum absolute atomic E-state index is 5.53. The van der Waals surface area contributed by atoms with Crippen molar-refractivity contribution in [3.63, 3.8) is 0 Å². The molecule has 0 N–H and O–H groups in total. The summed E-state index contributed by atoms with van der Waals surface area (Å²) in [7, 11) is 0. The number of thioether (sulfide) groups is 1. The van der Waals surface area contributed by atoms with Crippen molar-refractivity contribution in [2.75, 3.05) is 43.9 Å². The topological polar surface area (TPSA) is 12.5 Å². The second-order valence-corrected chi connectivity index (χ2v) is 8.74. The SMILES string of the molecule is CC1(C)CCN(CC2(CBr)CCOCC2)CCS1. The van der Waals surface area contributed by atoms with Crippen LogP contribution in [0.25, 0.3) is 0 Å². The molecule has 2 aliphatic heterocycles. The van der Waals surface area contributed by atoms with Crippen LogP contribution in [-0.2, 0) is 4.74 Å². The number of ether oxygens (including phenoxy) is 1. The first-order chi connectivity index (χ1) is 8.55. The van der Waals surface area contributed by atoms with Gasteiger partial charge in [0.25, 0.3) is 0 Å². The molecule has 2 nitrogen and oxygen atoms in total. The molecule has 0 unspecified atom stereocenters. The molecule has 0 amide bonds. The third-order valence-electron chi connectivity index (χ3n) is 4.33. The van der Waals surface area contributed by atoms with E-state index in [0.29, 0.717) is 10.2 Å². The predicted octanol–water partition coefficient (Wildman–Crippen LogP) is 3.40. The Labute approximate surface area is 124 Å². The van der Waals surface area contributed by atoms with E-state index in [0.717, 1.165) is 18.5 Å². The summed E-state index contributed by atoms with van der Waals surface area (Å²) in [6, 6.07) is 0. The van der Waals surface area contributed by atoms with Gasteiger partial charge in [-0.05, 0) is 31.2 Å². The third-order valence-corrected chi connectivity index (χ3v) is 6.89. The number of nitrogens with zero attached hydrogens (tertiary/aromatic N) is 1. The lowest BCUT2D eigenvalue weighted by molar-refractivity contribution is 0.00896. The second kappa shape index (κ2) is 6.47. The zero-order valence-corrected chi connectivity index (χ0v) is 14.1.